The zero-order valence-corrected chi connectivity index (χ0v) is 12.6. The Labute approximate surface area is 120 Å². The summed E-state index contributed by atoms with van der Waals surface area (Å²) in [5.74, 6) is -0.0329. The second-order valence-corrected chi connectivity index (χ2v) is 5.03. The number of esters is 1. The number of benzene rings is 1. The monoisotopic (exact) mass is 277 g/mol. The maximum atomic E-state index is 12.4. The molecule has 0 radical (unpaired) electrons. The van der Waals surface area contributed by atoms with Crippen LogP contribution < -0.4 is 5.32 Å². The molecule has 1 unspecified atom stereocenters. The van der Waals surface area contributed by atoms with Crippen molar-refractivity contribution in [2.24, 2.45) is 0 Å². The first-order chi connectivity index (χ1) is 9.49. The quantitative estimate of drug-likeness (QED) is 0.614. The third kappa shape index (κ3) is 4.46. The second kappa shape index (κ2) is 7.80. The van der Waals surface area contributed by atoms with Gasteiger partial charge in [0.25, 0.3) is 0 Å². The van der Waals surface area contributed by atoms with E-state index in [1.807, 2.05) is 31.2 Å². The van der Waals surface area contributed by atoms with E-state index in [-0.39, 0.29) is 18.2 Å². The molecule has 0 spiro atoms. The van der Waals surface area contributed by atoms with Gasteiger partial charge >= 0.3 is 5.97 Å². The molecule has 0 saturated carbocycles. The van der Waals surface area contributed by atoms with Crippen LogP contribution in [-0.2, 0) is 9.53 Å². The number of nitrogens with one attached hydrogen (secondary N) is 1. The molecule has 110 valence electrons. The zero-order valence-electron chi connectivity index (χ0n) is 12.6. The fourth-order valence-electron chi connectivity index (χ4n) is 1.99. The fraction of sp³-hybridized carbons (Fsp3) is 0.500. The molecule has 0 aromatic heterocycles. The molecule has 1 rings (SSSR count). The van der Waals surface area contributed by atoms with Crippen LogP contribution in [0.5, 0.6) is 0 Å². The standard InChI is InChI=1S/C16H23NO3/c1-5-17-14(10-15(18)20-4)16(19)13-8-6-12(7-9-13)11(2)3/h6-9,11,14,17H,5,10H2,1-4H3. The van der Waals surface area contributed by atoms with Gasteiger partial charge in [0.15, 0.2) is 5.78 Å². The number of ether oxygens (including phenoxy) is 1. The Morgan fingerprint density at radius 1 is 1.20 bits per heavy atom. The SMILES string of the molecule is CCNC(CC(=O)OC)C(=O)c1ccc(C(C)C)cc1. The van der Waals surface area contributed by atoms with E-state index in [4.69, 9.17) is 0 Å². The van der Waals surface area contributed by atoms with Crippen molar-refractivity contribution >= 4 is 11.8 Å². The molecular weight excluding hydrogens is 254 g/mol. The van der Waals surface area contributed by atoms with E-state index in [0.717, 1.165) is 0 Å². The summed E-state index contributed by atoms with van der Waals surface area (Å²) in [4.78, 5) is 23.8. The van der Waals surface area contributed by atoms with Gasteiger partial charge < -0.3 is 10.1 Å². The Kier molecular flexibility index (Phi) is 6.39. The van der Waals surface area contributed by atoms with E-state index in [2.05, 4.69) is 23.9 Å². The Balaban J connectivity index is 2.85. The molecule has 0 amide bonds. The zero-order chi connectivity index (χ0) is 15.1. The minimum Gasteiger partial charge on any atom is -0.469 e. The molecule has 1 atom stereocenters. The number of carbonyl (C=O) groups is 2. The van der Waals surface area contributed by atoms with E-state index in [9.17, 15) is 9.59 Å². The summed E-state index contributed by atoms with van der Waals surface area (Å²) in [6.07, 6.45) is 0.0507. The Morgan fingerprint density at radius 2 is 1.80 bits per heavy atom. The van der Waals surface area contributed by atoms with Crippen LogP contribution in [0.4, 0.5) is 0 Å². The van der Waals surface area contributed by atoms with Crippen molar-refractivity contribution < 1.29 is 14.3 Å². The minimum atomic E-state index is -0.530. The minimum absolute atomic E-state index is 0.0507. The largest absolute Gasteiger partial charge is 0.469 e. The number of likely N-dealkylation sites (N-methyl/N-ethyl adjacent to an activating group) is 1. The number of hydrogen-bond acceptors (Lipinski definition) is 4. The first-order valence-electron chi connectivity index (χ1n) is 6.94. The van der Waals surface area contributed by atoms with Crippen molar-refractivity contribution in [3.05, 3.63) is 35.4 Å². The molecule has 0 aliphatic rings. The molecule has 20 heavy (non-hydrogen) atoms. The van der Waals surface area contributed by atoms with Crippen LogP contribution in [0.2, 0.25) is 0 Å². The lowest BCUT2D eigenvalue weighted by Gasteiger charge is -2.16. The van der Waals surface area contributed by atoms with E-state index in [1.54, 1.807) is 0 Å². The van der Waals surface area contributed by atoms with Crippen molar-refractivity contribution in [2.45, 2.75) is 39.2 Å². The number of methoxy groups -OCH3 is 1. The number of hydrogen-bond donors (Lipinski definition) is 1. The summed E-state index contributed by atoms with van der Waals surface area (Å²) < 4.78 is 4.63. The summed E-state index contributed by atoms with van der Waals surface area (Å²) in [6, 6.07) is 7.02. The van der Waals surface area contributed by atoms with Gasteiger partial charge in [-0.05, 0) is 18.0 Å². The van der Waals surface area contributed by atoms with Crippen molar-refractivity contribution in [2.75, 3.05) is 13.7 Å². The molecule has 1 N–H and O–H groups in total. The average Bonchev–Trinajstić information content (AvgIpc) is 2.46. The van der Waals surface area contributed by atoms with Crippen LogP contribution >= 0.6 is 0 Å². The molecular formula is C16H23NO3. The van der Waals surface area contributed by atoms with Crippen molar-refractivity contribution in [1.82, 2.24) is 5.32 Å². The molecule has 0 bridgehead atoms. The van der Waals surface area contributed by atoms with Gasteiger partial charge in [0.1, 0.15) is 0 Å². The van der Waals surface area contributed by atoms with Crippen LogP contribution in [0.25, 0.3) is 0 Å². The summed E-state index contributed by atoms with van der Waals surface area (Å²) >= 11 is 0. The molecule has 0 fully saturated rings. The van der Waals surface area contributed by atoms with Gasteiger partial charge in [0.05, 0.1) is 19.6 Å². The van der Waals surface area contributed by atoms with Gasteiger partial charge in [-0.2, -0.15) is 0 Å². The molecule has 4 heteroatoms. The Hall–Kier alpha value is -1.68. The summed E-state index contributed by atoms with van der Waals surface area (Å²) in [6.45, 7) is 6.74. The van der Waals surface area contributed by atoms with Gasteiger partial charge in [-0.25, -0.2) is 0 Å². The smallest absolute Gasteiger partial charge is 0.307 e. The van der Waals surface area contributed by atoms with Crippen molar-refractivity contribution in [1.29, 1.82) is 0 Å². The average molecular weight is 277 g/mol. The van der Waals surface area contributed by atoms with Gasteiger partial charge in [-0.1, -0.05) is 45.0 Å². The van der Waals surface area contributed by atoms with Gasteiger partial charge in [-0.15, -0.1) is 0 Å². The van der Waals surface area contributed by atoms with Crippen molar-refractivity contribution in [3.63, 3.8) is 0 Å². The summed E-state index contributed by atoms with van der Waals surface area (Å²) in [7, 11) is 1.33. The Morgan fingerprint density at radius 3 is 2.25 bits per heavy atom. The highest BCUT2D eigenvalue weighted by atomic mass is 16.5. The number of carbonyl (C=O) groups excluding carboxylic acids is 2. The summed E-state index contributed by atoms with van der Waals surface area (Å²) in [5.41, 5.74) is 1.80. The third-order valence-electron chi connectivity index (χ3n) is 3.23. The maximum absolute atomic E-state index is 12.4. The molecule has 0 aliphatic heterocycles. The van der Waals surface area contributed by atoms with Gasteiger partial charge in [0, 0.05) is 5.56 Å². The lowest BCUT2D eigenvalue weighted by molar-refractivity contribution is -0.140. The van der Waals surface area contributed by atoms with Crippen LogP contribution in [0.15, 0.2) is 24.3 Å². The first kappa shape index (κ1) is 16.4. The molecule has 1 aromatic carbocycles. The van der Waals surface area contributed by atoms with Crippen molar-refractivity contribution in [3.8, 4) is 0 Å². The highest BCUT2D eigenvalue weighted by Crippen LogP contribution is 2.16. The van der Waals surface area contributed by atoms with Crippen LogP contribution in [0, 0.1) is 0 Å². The van der Waals surface area contributed by atoms with Crippen LogP contribution in [0.3, 0.4) is 0 Å². The van der Waals surface area contributed by atoms with E-state index < -0.39 is 6.04 Å². The number of Topliss-reactive ketones (excluding diaryl/α,β-unsaturated/α-hetero) is 1. The van der Waals surface area contributed by atoms with Crippen LogP contribution in [0.1, 0.15) is 49.0 Å². The lowest BCUT2D eigenvalue weighted by atomic mass is 9.97. The molecule has 0 saturated heterocycles. The number of rotatable bonds is 7. The second-order valence-electron chi connectivity index (χ2n) is 5.03. The molecule has 0 aliphatic carbocycles. The summed E-state index contributed by atoms with van der Waals surface area (Å²) in [5, 5.41) is 3.03. The van der Waals surface area contributed by atoms with Gasteiger partial charge in [-0.3, -0.25) is 9.59 Å². The molecule has 1 aromatic rings. The van der Waals surface area contributed by atoms with E-state index in [1.165, 1.54) is 12.7 Å². The lowest BCUT2D eigenvalue weighted by Crippen LogP contribution is -2.38. The molecule has 0 heterocycles. The highest BCUT2D eigenvalue weighted by Gasteiger charge is 2.22. The van der Waals surface area contributed by atoms with E-state index >= 15 is 0 Å². The maximum Gasteiger partial charge on any atom is 0.307 e. The highest BCUT2D eigenvalue weighted by molar-refractivity contribution is 6.01. The first-order valence-corrected chi connectivity index (χ1v) is 6.94. The Bertz CT molecular complexity index is 451. The molecule has 4 nitrogen and oxygen atoms in total. The normalized spacial score (nSPS) is 12.2. The predicted octanol–water partition coefficient (Wildman–Crippen LogP) is 2.53. The van der Waals surface area contributed by atoms with E-state index in [0.29, 0.717) is 18.0 Å². The number of ketones is 1. The topological polar surface area (TPSA) is 55.4 Å². The predicted molar refractivity (Wildman–Crippen MR) is 79.0 cm³/mol. The van der Waals surface area contributed by atoms with Crippen LogP contribution in [-0.4, -0.2) is 31.4 Å². The van der Waals surface area contributed by atoms with Gasteiger partial charge in [0.2, 0.25) is 0 Å². The fourth-order valence-corrected chi connectivity index (χ4v) is 1.99. The third-order valence-corrected chi connectivity index (χ3v) is 3.23.